The van der Waals surface area contributed by atoms with Gasteiger partial charge in [-0.15, -0.1) is 0 Å². The Bertz CT molecular complexity index is 385. The molecular weight excluding hydrogens is 292 g/mol. The van der Waals surface area contributed by atoms with Crippen molar-refractivity contribution in [2.75, 3.05) is 6.61 Å². The first-order chi connectivity index (χ1) is 11.8. The maximum absolute atomic E-state index is 8.95. The van der Waals surface area contributed by atoms with Crippen LogP contribution >= 0.6 is 0 Å². The van der Waals surface area contributed by atoms with Gasteiger partial charge < -0.3 is 5.11 Å². The lowest BCUT2D eigenvalue weighted by molar-refractivity contribution is 0.227. The smallest absolute Gasteiger partial charge is 0.0456 e. The highest BCUT2D eigenvalue weighted by molar-refractivity contribution is 5.00. The van der Waals surface area contributed by atoms with E-state index in [1.807, 2.05) is 0 Å². The molecule has 0 amide bonds. The first-order valence-corrected chi connectivity index (χ1v) is 9.67. The number of unbranched alkanes of at least 4 members (excludes halogenated alkanes) is 2. The zero-order valence-corrected chi connectivity index (χ0v) is 15.9. The molecule has 0 aliphatic carbocycles. The molecule has 0 aliphatic heterocycles. The largest absolute Gasteiger partial charge is 0.396 e. The number of aliphatic hydroxyl groups is 1. The minimum atomic E-state index is 0.321. The molecule has 0 aromatic rings. The first-order valence-electron chi connectivity index (χ1n) is 9.67. The van der Waals surface area contributed by atoms with Crippen LogP contribution < -0.4 is 0 Å². The summed E-state index contributed by atoms with van der Waals surface area (Å²) in [5, 5.41) is 8.95. The quantitative estimate of drug-likeness (QED) is 0.255. The lowest BCUT2D eigenvalue weighted by atomic mass is 10.0. The predicted molar refractivity (Wildman–Crippen MR) is 109 cm³/mol. The molecule has 0 aliphatic rings. The lowest BCUT2D eigenvalue weighted by Crippen LogP contribution is -1.99. The van der Waals surface area contributed by atoms with Crippen molar-refractivity contribution in [3.63, 3.8) is 0 Å². The molecule has 1 nitrogen and oxygen atoms in total. The minimum Gasteiger partial charge on any atom is -0.396 e. The van der Waals surface area contributed by atoms with Crippen LogP contribution in [0.2, 0.25) is 0 Å². The van der Waals surface area contributed by atoms with Crippen LogP contribution in [0.25, 0.3) is 0 Å². The van der Waals surface area contributed by atoms with Crippen molar-refractivity contribution in [1.29, 1.82) is 0 Å². The van der Waals surface area contributed by atoms with Gasteiger partial charge in [0.05, 0.1) is 0 Å². The van der Waals surface area contributed by atoms with Gasteiger partial charge in [0.1, 0.15) is 0 Å². The molecule has 24 heavy (non-hydrogen) atoms. The van der Waals surface area contributed by atoms with Crippen LogP contribution in [0.1, 0.15) is 71.6 Å². The van der Waals surface area contributed by atoms with E-state index >= 15 is 0 Å². The molecule has 0 fully saturated rings. The second kappa shape index (κ2) is 19.7. The molecule has 0 bridgehead atoms. The normalized spacial score (nSPS) is 14.3. The fourth-order valence-electron chi connectivity index (χ4n) is 2.21. The van der Waals surface area contributed by atoms with Gasteiger partial charge in [-0.3, -0.25) is 0 Å². The summed E-state index contributed by atoms with van der Waals surface area (Å²) in [5.41, 5.74) is 0. The molecule has 1 unspecified atom stereocenters. The topological polar surface area (TPSA) is 20.2 Å². The summed E-state index contributed by atoms with van der Waals surface area (Å²) < 4.78 is 0. The van der Waals surface area contributed by atoms with Gasteiger partial charge in [0.25, 0.3) is 0 Å². The van der Waals surface area contributed by atoms with Crippen molar-refractivity contribution in [2.24, 2.45) is 5.92 Å². The first kappa shape index (κ1) is 22.7. The van der Waals surface area contributed by atoms with Crippen LogP contribution in [-0.2, 0) is 0 Å². The van der Waals surface area contributed by atoms with Gasteiger partial charge in [0.15, 0.2) is 0 Å². The molecule has 1 heteroatoms. The van der Waals surface area contributed by atoms with Crippen LogP contribution in [0.4, 0.5) is 0 Å². The summed E-state index contributed by atoms with van der Waals surface area (Å²) in [6.07, 6.45) is 32.3. The highest BCUT2D eigenvalue weighted by atomic mass is 16.3. The molecule has 136 valence electrons. The van der Waals surface area contributed by atoms with Gasteiger partial charge in [-0.1, -0.05) is 81.0 Å². The Labute approximate surface area is 150 Å². The summed E-state index contributed by atoms with van der Waals surface area (Å²) in [6.45, 7) is 4.59. The molecule has 0 radical (unpaired) electrons. The second-order valence-electron chi connectivity index (χ2n) is 6.28. The molecule has 0 rings (SSSR count). The highest BCUT2D eigenvalue weighted by Crippen LogP contribution is 2.08. The Morgan fingerprint density at radius 1 is 0.667 bits per heavy atom. The molecule has 0 saturated carbocycles. The van der Waals surface area contributed by atoms with Crippen molar-refractivity contribution in [1.82, 2.24) is 0 Å². The maximum atomic E-state index is 8.95. The van der Waals surface area contributed by atoms with Crippen molar-refractivity contribution >= 4 is 0 Å². The van der Waals surface area contributed by atoms with Crippen LogP contribution in [0.3, 0.4) is 0 Å². The van der Waals surface area contributed by atoms with Crippen LogP contribution in [0.15, 0.2) is 60.8 Å². The number of rotatable bonds is 15. The summed E-state index contributed by atoms with van der Waals surface area (Å²) in [7, 11) is 0. The monoisotopic (exact) mass is 330 g/mol. The van der Waals surface area contributed by atoms with Crippen molar-refractivity contribution in [3.8, 4) is 0 Å². The standard InChI is InChI=1S/C23H38O/c1-3-4-5-6-7-8-9-10-11-12-13-14-15-16-17-18-19-20-21-23(2)22-24/h4-5,7-8,10-11,13-14,16-17,23-24H,3,6,9,12,15,18-22H2,1-2H3/b5-4-,8-7-,11-10-,14-13-,17-16-. The fourth-order valence-corrected chi connectivity index (χ4v) is 2.21. The van der Waals surface area contributed by atoms with Gasteiger partial charge in [0, 0.05) is 6.61 Å². The molecule has 0 heterocycles. The van der Waals surface area contributed by atoms with E-state index in [9.17, 15) is 0 Å². The van der Waals surface area contributed by atoms with E-state index in [0.717, 1.165) is 44.9 Å². The molecule has 1 atom stereocenters. The third kappa shape index (κ3) is 18.7. The van der Waals surface area contributed by atoms with Crippen molar-refractivity contribution in [3.05, 3.63) is 60.8 Å². The summed E-state index contributed by atoms with van der Waals surface area (Å²) >= 11 is 0. The predicted octanol–water partition coefficient (Wildman–Crippen LogP) is 6.93. The molecule has 0 saturated heterocycles. The van der Waals surface area contributed by atoms with Crippen molar-refractivity contribution < 1.29 is 5.11 Å². The Balaban J connectivity index is 3.44. The molecule has 0 aromatic heterocycles. The van der Waals surface area contributed by atoms with Crippen molar-refractivity contribution in [2.45, 2.75) is 71.6 Å². The fraction of sp³-hybridized carbons (Fsp3) is 0.565. The Morgan fingerprint density at radius 2 is 1.12 bits per heavy atom. The minimum absolute atomic E-state index is 0.321. The summed E-state index contributed by atoms with van der Waals surface area (Å²) in [6, 6.07) is 0. The number of aliphatic hydroxyl groups excluding tert-OH is 1. The Hall–Kier alpha value is -1.34. The SMILES string of the molecule is CC/C=C\C/C=C\C/C=C\C/C=C\C/C=C\CCCCC(C)CO. The van der Waals surface area contributed by atoms with E-state index in [4.69, 9.17) is 5.11 Å². The third-order valence-corrected chi connectivity index (χ3v) is 3.79. The van der Waals surface area contributed by atoms with Crippen LogP contribution in [0.5, 0.6) is 0 Å². The lowest BCUT2D eigenvalue weighted by Gasteiger charge is -2.05. The Kier molecular flexibility index (Phi) is 18.6. The van der Waals surface area contributed by atoms with E-state index in [-0.39, 0.29) is 0 Å². The van der Waals surface area contributed by atoms with E-state index < -0.39 is 0 Å². The summed E-state index contributed by atoms with van der Waals surface area (Å²) in [5.74, 6) is 0.457. The highest BCUT2D eigenvalue weighted by Gasteiger charge is 1.97. The van der Waals surface area contributed by atoms with E-state index in [1.54, 1.807) is 0 Å². The number of allylic oxidation sites excluding steroid dienone is 10. The van der Waals surface area contributed by atoms with Gasteiger partial charge in [0.2, 0.25) is 0 Å². The Morgan fingerprint density at radius 3 is 1.58 bits per heavy atom. The second-order valence-corrected chi connectivity index (χ2v) is 6.28. The average molecular weight is 331 g/mol. The zero-order valence-electron chi connectivity index (χ0n) is 15.9. The van der Waals surface area contributed by atoms with Crippen LogP contribution in [-0.4, -0.2) is 11.7 Å². The molecule has 1 N–H and O–H groups in total. The van der Waals surface area contributed by atoms with E-state index in [2.05, 4.69) is 74.6 Å². The zero-order chi connectivity index (χ0) is 17.7. The van der Waals surface area contributed by atoms with Gasteiger partial charge in [-0.2, -0.15) is 0 Å². The molecular formula is C23H38O. The number of hydrogen-bond acceptors (Lipinski definition) is 1. The summed E-state index contributed by atoms with van der Waals surface area (Å²) in [4.78, 5) is 0. The van der Waals surface area contributed by atoms with Gasteiger partial charge in [-0.25, -0.2) is 0 Å². The van der Waals surface area contributed by atoms with Gasteiger partial charge in [-0.05, 0) is 57.3 Å². The number of hydrogen-bond donors (Lipinski definition) is 1. The molecule has 0 spiro atoms. The van der Waals surface area contributed by atoms with Crippen LogP contribution in [0, 0.1) is 5.92 Å². The third-order valence-electron chi connectivity index (χ3n) is 3.79. The average Bonchev–Trinajstić information content (AvgIpc) is 2.60. The van der Waals surface area contributed by atoms with E-state index in [1.165, 1.54) is 12.8 Å². The molecule has 0 aromatic carbocycles. The maximum Gasteiger partial charge on any atom is 0.0456 e. The van der Waals surface area contributed by atoms with E-state index in [0.29, 0.717) is 12.5 Å². The van der Waals surface area contributed by atoms with Gasteiger partial charge >= 0.3 is 0 Å².